The number of carbonyl (C=O) groups is 1. The van der Waals surface area contributed by atoms with Crippen LogP contribution in [0.25, 0.3) is 16.8 Å². The largest absolute Gasteiger partial charge is 0.498 e. The molecule has 3 aromatic rings. The van der Waals surface area contributed by atoms with Crippen molar-refractivity contribution in [2.24, 2.45) is 0 Å². The smallest absolute Gasteiger partial charge is 0.257 e. The van der Waals surface area contributed by atoms with Gasteiger partial charge in [0.05, 0.1) is 7.05 Å². The molecule has 1 atom stereocenters. The average molecular weight is 331 g/mol. The number of carboxylic acid groups (broad SMARTS) is 1. The van der Waals surface area contributed by atoms with Crippen LogP contribution in [0.4, 0.5) is 4.79 Å². The van der Waals surface area contributed by atoms with Crippen molar-refractivity contribution in [2.45, 2.75) is 6.54 Å². The molecule has 0 saturated heterocycles. The molecule has 3 nitrogen and oxygen atoms in total. The van der Waals surface area contributed by atoms with E-state index in [2.05, 4.69) is 0 Å². The Morgan fingerprint density at radius 1 is 0.960 bits per heavy atom. The first kappa shape index (κ1) is 16.9. The number of amides is 1. The van der Waals surface area contributed by atoms with Crippen LogP contribution in [0.2, 0.25) is 0 Å². The minimum absolute atomic E-state index is 0.197. The third-order valence-electron chi connectivity index (χ3n) is 4.46. The van der Waals surface area contributed by atoms with Crippen molar-refractivity contribution in [1.29, 1.82) is 0 Å². The van der Waals surface area contributed by atoms with Crippen LogP contribution < -0.4 is 5.11 Å². The molecule has 0 aliphatic carbocycles. The quantitative estimate of drug-likeness (QED) is 0.666. The van der Waals surface area contributed by atoms with Gasteiger partial charge in [-0.25, -0.2) is 0 Å². The van der Waals surface area contributed by atoms with Crippen LogP contribution in [0.3, 0.4) is 0 Å². The lowest BCUT2D eigenvalue weighted by Crippen LogP contribution is -2.55. The molecule has 0 saturated carbocycles. The van der Waals surface area contributed by atoms with E-state index in [9.17, 15) is 9.90 Å². The lowest BCUT2D eigenvalue weighted by Gasteiger charge is -2.33. The lowest BCUT2D eigenvalue weighted by molar-refractivity contribution is -0.864. The molecular formula is C22H21NO2. The Bertz CT molecular complexity index is 897. The molecule has 0 aliphatic heterocycles. The summed E-state index contributed by atoms with van der Waals surface area (Å²) in [4.78, 5) is 11.8. The van der Waals surface area contributed by atoms with Gasteiger partial charge in [-0.3, -0.25) is 4.48 Å². The molecule has 0 aliphatic rings. The highest BCUT2D eigenvalue weighted by atomic mass is 16.4. The van der Waals surface area contributed by atoms with E-state index in [-0.39, 0.29) is 4.48 Å². The summed E-state index contributed by atoms with van der Waals surface area (Å²) < 4.78 is -0.197. The number of nitrogens with zero attached hydrogens (tertiary/aromatic N) is 1. The monoisotopic (exact) mass is 331 g/mol. The van der Waals surface area contributed by atoms with Gasteiger partial charge < -0.3 is 9.90 Å². The van der Waals surface area contributed by atoms with E-state index < -0.39 is 6.09 Å². The highest BCUT2D eigenvalue weighted by molar-refractivity contribution is 5.85. The molecule has 3 rings (SSSR count). The molecule has 0 bridgehead atoms. The number of quaternary nitrogens is 1. The molecule has 0 fully saturated rings. The predicted octanol–water partition coefficient (Wildman–Crippen LogP) is 3.84. The average Bonchev–Trinajstić information content (AvgIpc) is 2.63. The Balaban J connectivity index is 1.85. The summed E-state index contributed by atoms with van der Waals surface area (Å²) in [5, 5.41) is 14.0. The summed E-state index contributed by atoms with van der Waals surface area (Å²) in [5.41, 5.74) is 2.07. The van der Waals surface area contributed by atoms with E-state index in [4.69, 9.17) is 0 Å². The first-order chi connectivity index (χ1) is 12.1. The molecule has 126 valence electrons. The topological polar surface area (TPSA) is 40.1 Å². The van der Waals surface area contributed by atoms with Crippen LogP contribution in [0.15, 0.2) is 78.9 Å². The number of hydrogen-bond acceptors (Lipinski definition) is 2. The highest BCUT2D eigenvalue weighted by Gasteiger charge is 2.24. The van der Waals surface area contributed by atoms with Gasteiger partial charge in [-0.1, -0.05) is 78.9 Å². The van der Waals surface area contributed by atoms with Crippen LogP contribution in [0.5, 0.6) is 0 Å². The van der Waals surface area contributed by atoms with Gasteiger partial charge in [0.1, 0.15) is 13.1 Å². The van der Waals surface area contributed by atoms with Gasteiger partial charge in [0.15, 0.2) is 0 Å². The third kappa shape index (κ3) is 3.95. The second kappa shape index (κ2) is 7.32. The predicted molar refractivity (Wildman–Crippen MR) is 99.6 cm³/mol. The fourth-order valence-electron chi connectivity index (χ4n) is 3.00. The number of likely N-dealkylation sites (N-methyl/N-ethyl adjacent to an activating group) is 1. The fourth-order valence-corrected chi connectivity index (χ4v) is 3.00. The first-order valence-corrected chi connectivity index (χ1v) is 8.33. The molecule has 1 amide bonds. The minimum Gasteiger partial charge on any atom is -0.498 e. The summed E-state index contributed by atoms with van der Waals surface area (Å²) in [6, 6.07) is 23.9. The lowest BCUT2D eigenvalue weighted by atomic mass is 10.0. The number of carbonyl (C=O) groups excluding carboxylic acids is 1. The number of fused-ring (bicyclic) bond motifs is 1. The van der Waals surface area contributed by atoms with E-state index in [1.54, 1.807) is 7.05 Å². The number of rotatable bonds is 5. The number of hydrogen-bond donors (Lipinski definition) is 0. The van der Waals surface area contributed by atoms with Crippen molar-refractivity contribution < 1.29 is 14.4 Å². The standard InChI is InChI=1S/C22H21NO2/c1-23(22(24)25,16-8-11-18-9-3-2-4-10-18)17-20-14-7-13-19-12-5-6-15-21(19)20/h2-15H,16-17H2,1H3. The Morgan fingerprint density at radius 3 is 2.40 bits per heavy atom. The van der Waals surface area contributed by atoms with Crippen LogP contribution in [0, 0.1) is 0 Å². The van der Waals surface area contributed by atoms with E-state index in [1.807, 2.05) is 84.9 Å². The van der Waals surface area contributed by atoms with Gasteiger partial charge in [0, 0.05) is 5.56 Å². The van der Waals surface area contributed by atoms with Gasteiger partial charge in [0.2, 0.25) is 0 Å². The minimum atomic E-state index is -1.08. The maximum absolute atomic E-state index is 11.8. The van der Waals surface area contributed by atoms with E-state index in [1.165, 1.54) is 0 Å². The zero-order chi connectivity index (χ0) is 17.7. The van der Waals surface area contributed by atoms with Crippen LogP contribution >= 0.6 is 0 Å². The summed E-state index contributed by atoms with van der Waals surface area (Å²) >= 11 is 0. The molecule has 3 heteroatoms. The molecule has 0 N–H and O–H groups in total. The third-order valence-corrected chi connectivity index (χ3v) is 4.46. The van der Waals surface area contributed by atoms with Crippen LogP contribution in [-0.2, 0) is 6.54 Å². The van der Waals surface area contributed by atoms with Gasteiger partial charge in [-0.2, -0.15) is 0 Å². The molecule has 0 heterocycles. The molecule has 0 radical (unpaired) electrons. The van der Waals surface area contributed by atoms with Crippen molar-refractivity contribution >= 4 is 22.9 Å². The summed E-state index contributed by atoms with van der Waals surface area (Å²) in [7, 11) is 1.70. The highest BCUT2D eigenvalue weighted by Crippen LogP contribution is 2.22. The molecule has 25 heavy (non-hydrogen) atoms. The first-order valence-electron chi connectivity index (χ1n) is 8.33. The van der Waals surface area contributed by atoms with E-state index >= 15 is 0 Å². The molecule has 0 spiro atoms. The van der Waals surface area contributed by atoms with Crippen molar-refractivity contribution in [2.75, 3.05) is 13.6 Å². The Hall–Kier alpha value is -2.91. The normalized spacial score (nSPS) is 13.8. The summed E-state index contributed by atoms with van der Waals surface area (Å²) in [5.74, 6) is 0. The van der Waals surface area contributed by atoms with Crippen molar-refractivity contribution in [1.82, 2.24) is 0 Å². The van der Waals surface area contributed by atoms with Gasteiger partial charge in [-0.15, -0.1) is 0 Å². The van der Waals surface area contributed by atoms with Crippen molar-refractivity contribution in [3.63, 3.8) is 0 Å². The molecular weight excluding hydrogens is 310 g/mol. The summed E-state index contributed by atoms with van der Waals surface area (Å²) in [6.07, 6.45) is 2.77. The molecule has 3 aromatic carbocycles. The second-order valence-electron chi connectivity index (χ2n) is 6.45. The van der Waals surface area contributed by atoms with Gasteiger partial charge in [-0.05, 0) is 22.4 Å². The van der Waals surface area contributed by atoms with Crippen molar-refractivity contribution in [3.8, 4) is 0 Å². The van der Waals surface area contributed by atoms with E-state index in [0.717, 1.165) is 21.9 Å². The zero-order valence-corrected chi connectivity index (χ0v) is 14.3. The maximum Gasteiger partial charge on any atom is 0.257 e. The van der Waals surface area contributed by atoms with Crippen LogP contribution in [-0.4, -0.2) is 24.2 Å². The maximum atomic E-state index is 11.8. The Labute approximate surface area is 148 Å². The zero-order valence-electron chi connectivity index (χ0n) is 14.3. The van der Waals surface area contributed by atoms with E-state index in [0.29, 0.717) is 13.1 Å². The van der Waals surface area contributed by atoms with Gasteiger partial charge >= 0.3 is 0 Å². The summed E-state index contributed by atoms with van der Waals surface area (Å²) in [6.45, 7) is 0.739. The second-order valence-corrected chi connectivity index (χ2v) is 6.45. The van der Waals surface area contributed by atoms with Crippen molar-refractivity contribution in [3.05, 3.63) is 90.0 Å². The number of benzene rings is 3. The van der Waals surface area contributed by atoms with Gasteiger partial charge in [0.25, 0.3) is 6.09 Å². The fraction of sp³-hybridized carbons (Fsp3) is 0.136. The Kier molecular flexibility index (Phi) is 4.96. The molecule has 0 aromatic heterocycles. The SMILES string of the molecule is C[N+](CC=Cc1ccccc1)(Cc1cccc2ccccc12)C(=O)[O-]. The Morgan fingerprint density at radius 2 is 1.64 bits per heavy atom. The molecule has 1 unspecified atom stereocenters. The van der Waals surface area contributed by atoms with Crippen LogP contribution in [0.1, 0.15) is 11.1 Å².